The molecule has 0 unspecified atom stereocenters. The molecule has 0 saturated heterocycles. The zero-order chi connectivity index (χ0) is 18.9. The van der Waals surface area contributed by atoms with Crippen LogP contribution < -0.4 is 4.74 Å². The molecule has 0 fully saturated rings. The van der Waals surface area contributed by atoms with Crippen LogP contribution in [0.1, 0.15) is 5.56 Å². The highest BCUT2D eigenvalue weighted by Crippen LogP contribution is 2.36. The van der Waals surface area contributed by atoms with Gasteiger partial charge in [0.1, 0.15) is 17.1 Å². The van der Waals surface area contributed by atoms with E-state index in [4.69, 9.17) is 4.74 Å². The fourth-order valence-corrected chi connectivity index (χ4v) is 3.57. The third-order valence-corrected chi connectivity index (χ3v) is 4.98. The number of aromatic nitrogens is 4. The van der Waals surface area contributed by atoms with Crippen LogP contribution in [-0.2, 0) is 6.54 Å². The van der Waals surface area contributed by atoms with Gasteiger partial charge in [-0.25, -0.2) is 0 Å². The standard InChI is InChI=1S/C23H18N4O/c1-28-18-8-6-17(7-9-18)22-20-15-27(14-16-10-12-24-13-11-16)21-5-3-2-4-19(21)23(20)26-25-22/h2-13,15H,14H2,1H3. The van der Waals surface area contributed by atoms with E-state index in [-0.39, 0.29) is 0 Å². The average Bonchev–Trinajstić information content (AvgIpc) is 3.19. The van der Waals surface area contributed by atoms with E-state index in [1.165, 1.54) is 5.56 Å². The summed E-state index contributed by atoms with van der Waals surface area (Å²) < 4.78 is 7.53. The molecule has 2 aromatic carbocycles. The van der Waals surface area contributed by atoms with Crippen molar-refractivity contribution < 1.29 is 4.74 Å². The number of methoxy groups -OCH3 is 1. The van der Waals surface area contributed by atoms with Crippen LogP contribution >= 0.6 is 0 Å². The van der Waals surface area contributed by atoms with E-state index in [2.05, 4.69) is 44.1 Å². The van der Waals surface area contributed by atoms with Crippen molar-refractivity contribution in [2.45, 2.75) is 6.54 Å². The monoisotopic (exact) mass is 366 g/mol. The third-order valence-electron chi connectivity index (χ3n) is 4.98. The van der Waals surface area contributed by atoms with Gasteiger partial charge in [0.05, 0.1) is 12.6 Å². The predicted octanol–water partition coefficient (Wildman–Crippen LogP) is 4.66. The van der Waals surface area contributed by atoms with Gasteiger partial charge in [-0.05, 0) is 48.0 Å². The molecule has 5 heteroatoms. The Morgan fingerprint density at radius 3 is 2.39 bits per heavy atom. The number of fused-ring (bicyclic) bond motifs is 3. The number of rotatable bonds is 4. The van der Waals surface area contributed by atoms with Gasteiger partial charge in [0, 0.05) is 41.6 Å². The topological polar surface area (TPSA) is 52.8 Å². The van der Waals surface area contributed by atoms with Crippen LogP contribution in [0.4, 0.5) is 0 Å². The fourth-order valence-electron chi connectivity index (χ4n) is 3.57. The number of hydrogen-bond donors (Lipinski definition) is 0. The lowest BCUT2D eigenvalue weighted by molar-refractivity contribution is 0.415. The van der Waals surface area contributed by atoms with Gasteiger partial charge in [-0.1, -0.05) is 18.2 Å². The molecule has 28 heavy (non-hydrogen) atoms. The van der Waals surface area contributed by atoms with E-state index >= 15 is 0 Å². The van der Waals surface area contributed by atoms with Crippen molar-refractivity contribution >= 4 is 10.9 Å². The Hall–Kier alpha value is -3.73. The highest BCUT2D eigenvalue weighted by atomic mass is 16.5. The summed E-state index contributed by atoms with van der Waals surface area (Å²) in [5.41, 5.74) is 6.20. The van der Waals surface area contributed by atoms with E-state index in [0.717, 1.165) is 45.7 Å². The SMILES string of the molecule is COc1ccc(-c2nnc3c4ccccc4n(Cc4ccncc4)cc2-3)cc1. The summed E-state index contributed by atoms with van der Waals surface area (Å²) in [6.07, 6.45) is 5.80. The van der Waals surface area contributed by atoms with Crippen molar-refractivity contribution in [1.82, 2.24) is 19.7 Å². The van der Waals surface area contributed by atoms with Gasteiger partial charge in [-0.15, -0.1) is 10.2 Å². The molecule has 0 atom stereocenters. The summed E-state index contributed by atoms with van der Waals surface area (Å²) in [7, 11) is 1.67. The minimum absolute atomic E-state index is 0.756. The molecule has 3 heterocycles. The number of nitrogens with zero attached hydrogens (tertiary/aromatic N) is 4. The molecule has 136 valence electrons. The molecular weight excluding hydrogens is 348 g/mol. The molecule has 0 bridgehead atoms. The molecule has 5 rings (SSSR count). The average molecular weight is 366 g/mol. The number of para-hydroxylation sites is 1. The van der Waals surface area contributed by atoms with Gasteiger partial charge in [0.25, 0.3) is 0 Å². The second-order valence-corrected chi connectivity index (χ2v) is 6.67. The predicted molar refractivity (Wildman–Crippen MR) is 109 cm³/mol. The molecule has 5 nitrogen and oxygen atoms in total. The van der Waals surface area contributed by atoms with E-state index < -0.39 is 0 Å². The normalized spacial score (nSPS) is 11.2. The van der Waals surface area contributed by atoms with Crippen molar-refractivity contribution in [3.05, 3.63) is 84.8 Å². The third kappa shape index (κ3) is 2.77. The quantitative estimate of drug-likeness (QED) is 0.464. The summed E-state index contributed by atoms with van der Waals surface area (Å²) in [4.78, 5) is 4.12. The molecule has 0 spiro atoms. The lowest BCUT2D eigenvalue weighted by Crippen LogP contribution is -2.04. The van der Waals surface area contributed by atoms with E-state index in [9.17, 15) is 0 Å². The maximum absolute atomic E-state index is 5.27. The summed E-state index contributed by atoms with van der Waals surface area (Å²) in [5.74, 6) is 0.825. The lowest BCUT2D eigenvalue weighted by atomic mass is 10.0. The first-order chi connectivity index (χ1) is 13.8. The molecule has 3 aromatic rings. The Morgan fingerprint density at radius 2 is 1.61 bits per heavy atom. The van der Waals surface area contributed by atoms with E-state index in [1.807, 2.05) is 54.9 Å². The Bertz CT molecular complexity index is 1210. The first kappa shape index (κ1) is 16.4. The van der Waals surface area contributed by atoms with Crippen LogP contribution in [0.2, 0.25) is 0 Å². The maximum Gasteiger partial charge on any atom is 0.118 e. The van der Waals surface area contributed by atoms with Crippen molar-refractivity contribution in [3.8, 4) is 28.3 Å². The molecule has 2 aliphatic heterocycles. The Kier molecular flexibility index (Phi) is 3.98. The second-order valence-electron chi connectivity index (χ2n) is 6.67. The summed E-state index contributed by atoms with van der Waals surface area (Å²) >= 11 is 0. The molecule has 0 amide bonds. The smallest absolute Gasteiger partial charge is 0.118 e. The van der Waals surface area contributed by atoms with Crippen molar-refractivity contribution in [3.63, 3.8) is 0 Å². The van der Waals surface area contributed by atoms with Gasteiger partial charge in [-0.2, -0.15) is 0 Å². The minimum atomic E-state index is 0.756. The molecule has 1 aromatic heterocycles. The highest BCUT2D eigenvalue weighted by Gasteiger charge is 2.20. The number of ether oxygens (including phenoxy) is 1. The van der Waals surface area contributed by atoms with Crippen molar-refractivity contribution in [2.75, 3.05) is 7.11 Å². The fraction of sp³-hybridized carbons (Fsp3) is 0.0870. The summed E-state index contributed by atoms with van der Waals surface area (Å²) in [5, 5.41) is 10.1. The van der Waals surface area contributed by atoms with Gasteiger partial charge in [-0.3, -0.25) is 4.98 Å². The Morgan fingerprint density at radius 1 is 0.857 bits per heavy atom. The first-order valence-electron chi connectivity index (χ1n) is 9.11. The molecule has 2 aliphatic rings. The van der Waals surface area contributed by atoms with Crippen molar-refractivity contribution in [2.24, 2.45) is 0 Å². The zero-order valence-electron chi connectivity index (χ0n) is 15.4. The van der Waals surface area contributed by atoms with Crippen LogP contribution in [0.5, 0.6) is 5.75 Å². The summed E-state index contributed by atoms with van der Waals surface area (Å²) in [6.45, 7) is 0.756. The van der Waals surface area contributed by atoms with Crippen LogP contribution in [0.25, 0.3) is 33.4 Å². The van der Waals surface area contributed by atoms with Crippen LogP contribution in [0.15, 0.2) is 79.3 Å². The number of benzene rings is 2. The molecule has 0 saturated carbocycles. The van der Waals surface area contributed by atoms with Gasteiger partial charge in [0.15, 0.2) is 0 Å². The summed E-state index contributed by atoms with van der Waals surface area (Å²) in [6, 6.07) is 20.3. The number of hydrogen-bond acceptors (Lipinski definition) is 4. The molecule has 0 N–H and O–H groups in total. The maximum atomic E-state index is 5.27. The van der Waals surface area contributed by atoms with E-state index in [0.29, 0.717) is 0 Å². The second kappa shape index (κ2) is 6.78. The number of pyridine rings is 2. The minimum Gasteiger partial charge on any atom is -0.497 e. The van der Waals surface area contributed by atoms with Crippen LogP contribution in [0, 0.1) is 0 Å². The van der Waals surface area contributed by atoms with Crippen molar-refractivity contribution in [1.29, 1.82) is 0 Å². The van der Waals surface area contributed by atoms with Crippen LogP contribution in [0.3, 0.4) is 0 Å². The molecule has 0 aliphatic carbocycles. The van der Waals surface area contributed by atoms with Gasteiger partial charge in [0.2, 0.25) is 0 Å². The molecular formula is C23H18N4O. The highest BCUT2D eigenvalue weighted by molar-refractivity contribution is 5.98. The Balaban J connectivity index is 1.70. The first-order valence-corrected chi connectivity index (χ1v) is 9.11. The van der Waals surface area contributed by atoms with E-state index in [1.54, 1.807) is 7.11 Å². The van der Waals surface area contributed by atoms with Gasteiger partial charge < -0.3 is 9.30 Å². The Labute approximate surface area is 162 Å². The largest absolute Gasteiger partial charge is 0.497 e. The van der Waals surface area contributed by atoms with Gasteiger partial charge >= 0.3 is 0 Å². The van der Waals surface area contributed by atoms with Crippen LogP contribution in [-0.4, -0.2) is 26.9 Å². The lowest BCUT2D eigenvalue weighted by Gasteiger charge is -2.15. The molecule has 0 radical (unpaired) electrons. The zero-order valence-corrected chi connectivity index (χ0v) is 15.4.